The molecule has 0 saturated carbocycles. The standard InChI is InChI=1S/C10H12N2O/c1-7-6-13-10(12-7)8-2-4-9(11)5-3-8/h2-5,7H,6,11H2,1H3. The maximum atomic E-state index is 5.57. The molecule has 0 spiro atoms. The van der Waals surface area contributed by atoms with E-state index in [1.54, 1.807) is 0 Å². The lowest BCUT2D eigenvalue weighted by atomic mass is 10.2. The van der Waals surface area contributed by atoms with E-state index in [1.807, 2.05) is 31.2 Å². The van der Waals surface area contributed by atoms with Gasteiger partial charge in [-0.1, -0.05) is 0 Å². The first-order chi connectivity index (χ1) is 6.25. The molecule has 0 saturated heterocycles. The van der Waals surface area contributed by atoms with Crippen molar-refractivity contribution in [2.45, 2.75) is 13.0 Å². The number of rotatable bonds is 1. The molecule has 0 radical (unpaired) electrons. The molecule has 68 valence electrons. The second-order valence-corrected chi connectivity index (χ2v) is 3.22. The number of ether oxygens (including phenoxy) is 1. The number of nitrogens with two attached hydrogens (primary N) is 1. The van der Waals surface area contributed by atoms with Crippen molar-refractivity contribution in [3.63, 3.8) is 0 Å². The van der Waals surface area contributed by atoms with Gasteiger partial charge >= 0.3 is 0 Å². The highest BCUT2D eigenvalue weighted by molar-refractivity contribution is 5.95. The molecule has 1 aromatic rings. The van der Waals surface area contributed by atoms with E-state index in [4.69, 9.17) is 10.5 Å². The van der Waals surface area contributed by atoms with E-state index < -0.39 is 0 Å². The molecular formula is C10H12N2O. The summed E-state index contributed by atoms with van der Waals surface area (Å²) in [7, 11) is 0. The fourth-order valence-corrected chi connectivity index (χ4v) is 1.26. The lowest BCUT2D eigenvalue weighted by molar-refractivity contribution is 0.324. The van der Waals surface area contributed by atoms with Crippen molar-refractivity contribution >= 4 is 11.6 Å². The second kappa shape index (κ2) is 3.09. The van der Waals surface area contributed by atoms with Crippen molar-refractivity contribution in [1.29, 1.82) is 0 Å². The molecule has 1 heterocycles. The van der Waals surface area contributed by atoms with Crippen molar-refractivity contribution in [1.82, 2.24) is 0 Å². The van der Waals surface area contributed by atoms with E-state index in [1.165, 1.54) is 0 Å². The van der Waals surface area contributed by atoms with Gasteiger partial charge in [-0.3, -0.25) is 0 Å². The molecule has 0 bridgehead atoms. The zero-order valence-corrected chi connectivity index (χ0v) is 7.53. The van der Waals surface area contributed by atoms with Gasteiger partial charge < -0.3 is 10.5 Å². The maximum Gasteiger partial charge on any atom is 0.216 e. The summed E-state index contributed by atoms with van der Waals surface area (Å²) in [5, 5.41) is 0. The minimum atomic E-state index is 0.271. The van der Waals surface area contributed by atoms with Gasteiger partial charge in [0.2, 0.25) is 5.90 Å². The van der Waals surface area contributed by atoms with Crippen LogP contribution in [0.1, 0.15) is 12.5 Å². The first-order valence-corrected chi connectivity index (χ1v) is 4.32. The Morgan fingerprint density at radius 3 is 2.62 bits per heavy atom. The van der Waals surface area contributed by atoms with Crippen LogP contribution in [-0.4, -0.2) is 18.5 Å². The zero-order chi connectivity index (χ0) is 9.26. The van der Waals surface area contributed by atoms with E-state index >= 15 is 0 Å². The van der Waals surface area contributed by atoms with Crippen LogP contribution in [0.5, 0.6) is 0 Å². The summed E-state index contributed by atoms with van der Waals surface area (Å²) >= 11 is 0. The van der Waals surface area contributed by atoms with Gasteiger partial charge in [-0.25, -0.2) is 4.99 Å². The largest absolute Gasteiger partial charge is 0.475 e. The van der Waals surface area contributed by atoms with Crippen molar-refractivity contribution in [2.24, 2.45) is 4.99 Å². The first kappa shape index (κ1) is 8.10. The highest BCUT2D eigenvalue weighted by Gasteiger charge is 2.15. The van der Waals surface area contributed by atoms with Crippen LogP contribution in [0.4, 0.5) is 5.69 Å². The maximum absolute atomic E-state index is 5.57. The van der Waals surface area contributed by atoms with Crippen LogP contribution in [0.2, 0.25) is 0 Å². The Balaban J connectivity index is 2.26. The number of nitrogens with zero attached hydrogens (tertiary/aromatic N) is 1. The predicted molar refractivity (Wildman–Crippen MR) is 52.8 cm³/mol. The number of anilines is 1. The number of hydrogen-bond donors (Lipinski definition) is 1. The van der Waals surface area contributed by atoms with Gasteiger partial charge in [-0.15, -0.1) is 0 Å². The number of nitrogen functional groups attached to an aromatic ring is 1. The van der Waals surface area contributed by atoms with Gasteiger partial charge in [0.1, 0.15) is 6.61 Å². The topological polar surface area (TPSA) is 47.6 Å². The van der Waals surface area contributed by atoms with E-state index in [-0.39, 0.29) is 6.04 Å². The molecule has 3 nitrogen and oxygen atoms in total. The van der Waals surface area contributed by atoms with Gasteiger partial charge in [0.15, 0.2) is 0 Å². The van der Waals surface area contributed by atoms with Gasteiger partial charge in [-0.05, 0) is 31.2 Å². The SMILES string of the molecule is CC1COC(c2ccc(N)cc2)=N1. The Bertz CT molecular complexity index is 329. The van der Waals surface area contributed by atoms with Crippen LogP contribution in [0, 0.1) is 0 Å². The third-order valence-electron chi connectivity index (χ3n) is 1.96. The number of aliphatic imine (C=N–C) groups is 1. The quantitative estimate of drug-likeness (QED) is 0.658. The summed E-state index contributed by atoms with van der Waals surface area (Å²) in [6.07, 6.45) is 0. The van der Waals surface area contributed by atoms with Crippen LogP contribution in [-0.2, 0) is 4.74 Å². The molecule has 2 N–H and O–H groups in total. The molecule has 1 aliphatic rings. The second-order valence-electron chi connectivity index (χ2n) is 3.22. The first-order valence-electron chi connectivity index (χ1n) is 4.32. The van der Waals surface area contributed by atoms with Crippen molar-refractivity contribution in [3.8, 4) is 0 Å². The van der Waals surface area contributed by atoms with Gasteiger partial charge in [-0.2, -0.15) is 0 Å². The van der Waals surface area contributed by atoms with Crippen LogP contribution < -0.4 is 5.73 Å². The number of benzene rings is 1. The van der Waals surface area contributed by atoms with Gasteiger partial charge in [0, 0.05) is 11.3 Å². The highest BCUT2D eigenvalue weighted by Crippen LogP contribution is 2.13. The van der Waals surface area contributed by atoms with Crippen LogP contribution >= 0.6 is 0 Å². The summed E-state index contributed by atoms with van der Waals surface area (Å²) in [5.74, 6) is 0.729. The van der Waals surface area contributed by atoms with E-state index in [2.05, 4.69) is 4.99 Å². The lowest BCUT2D eigenvalue weighted by Gasteiger charge is -2.00. The van der Waals surface area contributed by atoms with Crippen molar-refractivity contribution in [2.75, 3.05) is 12.3 Å². The summed E-state index contributed by atoms with van der Waals surface area (Å²) in [5.41, 5.74) is 7.33. The minimum absolute atomic E-state index is 0.271. The summed E-state index contributed by atoms with van der Waals surface area (Å²) in [6, 6.07) is 7.82. The Kier molecular flexibility index (Phi) is 1.93. The zero-order valence-electron chi connectivity index (χ0n) is 7.53. The Morgan fingerprint density at radius 2 is 2.08 bits per heavy atom. The van der Waals surface area contributed by atoms with Gasteiger partial charge in [0.05, 0.1) is 6.04 Å². The molecule has 13 heavy (non-hydrogen) atoms. The third-order valence-corrected chi connectivity index (χ3v) is 1.96. The summed E-state index contributed by atoms with van der Waals surface area (Å²) < 4.78 is 5.40. The summed E-state index contributed by atoms with van der Waals surface area (Å²) in [6.45, 7) is 2.71. The molecule has 3 heteroatoms. The monoisotopic (exact) mass is 176 g/mol. The predicted octanol–water partition coefficient (Wildman–Crippen LogP) is 1.43. The molecule has 1 aliphatic heterocycles. The molecule has 0 aromatic heterocycles. The normalized spacial score (nSPS) is 21.0. The van der Waals surface area contributed by atoms with E-state index in [9.17, 15) is 0 Å². The minimum Gasteiger partial charge on any atom is -0.475 e. The van der Waals surface area contributed by atoms with Crippen LogP contribution in [0.25, 0.3) is 0 Å². The number of hydrogen-bond acceptors (Lipinski definition) is 3. The lowest BCUT2D eigenvalue weighted by Crippen LogP contribution is -2.01. The average Bonchev–Trinajstić information content (AvgIpc) is 2.53. The van der Waals surface area contributed by atoms with Gasteiger partial charge in [0.25, 0.3) is 0 Å². The average molecular weight is 176 g/mol. The Labute approximate surface area is 77.2 Å². The smallest absolute Gasteiger partial charge is 0.216 e. The molecule has 0 fully saturated rings. The molecule has 0 aliphatic carbocycles. The third kappa shape index (κ3) is 1.64. The fourth-order valence-electron chi connectivity index (χ4n) is 1.26. The molecule has 0 amide bonds. The molecule has 1 aromatic carbocycles. The molecule has 1 unspecified atom stereocenters. The molecular weight excluding hydrogens is 164 g/mol. The highest BCUT2D eigenvalue weighted by atomic mass is 16.5. The van der Waals surface area contributed by atoms with Crippen molar-refractivity contribution < 1.29 is 4.74 Å². The summed E-state index contributed by atoms with van der Waals surface area (Å²) in [4.78, 5) is 4.34. The van der Waals surface area contributed by atoms with Crippen molar-refractivity contribution in [3.05, 3.63) is 29.8 Å². The van der Waals surface area contributed by atoms with E-state index in [0.29, 0.717) is 6.61 Å². The van der Waals surface area contributed by atoms with Crippen LogP contribution in [0.3, 0.4) is 0 Å². The Hall–Kier alpha value is -1.51. The molecule has 2 rings (SSSR count). The Morgan fingerprint density at radius 1 is 1.38 bits per heavy atom. The van der Waals surface area contributed by atoms with Crippen LogP contribution in [0.15, 0.2) is 29.3 Å². The molecule has 1 atom stereocenters. The van der Waals surface area contributed by atoms with E-state index in [0.717, 1.165) is 17.1 Å². The fraction of sp³-hybridized carbons (Fsp3) is 0.300.